The molecule has 0 atom stereocenters. The van der Waals surface area contributed by atoms with Crippen LogP contribution in [-0.2, 0) is 0 Å². The summed E-state index contributed by atoms with van der Waals surface area (Å²) in [5.41, 5.74) is 11.5. The first-order valence-corrected chi connectivity index (χ1v) is 18.0. The van der Waals surface area contributed by atoms with Crippen LogP contribution < -0.4 is 0 Å². The van der Waals surface area contributed by atoms with Gasteiger partial charge in [-0.05, 0) is 72.8 Å². The number of hydrogen-bond acceptors (Lipinski definition) is 5. The summed E-state index contributed by atoms with van der Waals surface area (Å²) in [4.78, 5) is 16.0. The first-order chi connectivity index (χ1) is 25.8. The number of aromatic nitrogens is 5. The lowest BCUT2D eigenvalue weighted by molar-refractivity contribution is 0.670. The highest BCUT2D eigenvalue weighted by atomic mass is 32.1. The number of hydrogen-bond donors (Lipinski definition) is 0. The Balaban J connectivity index is 1.24. The molecule has 0 aliphatic rings. The smallest absolute Gasteiger partial charge is 0.147 e. The summed E-state index contributed by atoms with van der Waals surface area (Å²) in [5, 5.41) is 3.04. The van der Waals surface area contributed by atoms with Crippen LogP contribution >= 0.6 is 11.3 Å². The quantitative estimate of drug-likeness (QED) is 0.181. The first-order valence-electron chi connectivity index (χ1n) is 17.2. The van der Waals surface area contributed by atoms with Gasteiger partial charge >= 0.3 is 0 Å². The highest BCUT2D eigenvalue weighted by molar-refractivity contribution is 7.22. The zero-order chi connectivity index (χ0) is 34.2. The molecule has 6 nitrogen and oxygen atoms in total. The molecule has 0 N–H and O–H groups in total. The average molecular weight is 686 g/mol. The molecule has 0 spiro atoms. The summed E-state index contributed by atoms with van der Waals surface area (Å²) in [6.07, 6.45) is 0. The van der Waals surface area contributed by atoms with E-state index in [1.807, 2.05) is 36.4 Å². The zero-order valence-electron chi connectivity index (χ0n) is 27.6. The Morgan fingerprint density at radius 3 is 1.69 bits per heavy atom. The minimum atomic E-state index is 0.832. The summed E-state index contributed by atoms with van der Waals surface area (Å²) < 4.78 is 12.0. The lowest BCUT2D eigenvalue weighted by atomic mass is 10.1. The number of benzene rings is 7. The number of fused-ring (bicyclic) bond motifs is 6. The van der Waals surface area contributed by atoms with E-state index in [2.05, 4.69) is 137 Å². The van der Waals surface area contributed by atoms with Gasteiger partial charge in [-0.1, -0.05) is 91.0 Å². The Morgan fingerprint density at radius 2 is 1.00 bits per heavy atom. The number of imidazole rings is 2. The van der Waals surface area contributed by atoms with E-state index in [4.69, 9.17) is 19.4 Å². The molecule has 0 bridgehead atoms. The molecular formula is C45H27N5OS. The second-order valence-corrected chi connectivity index (χ2v) is 13.8. The maximum Gasteiger partial charge on any atom is 0.147 e. The predicted molar refractivity (Wildman–Crippen MR) is 212 cm³/mol. The second kappa shape index (κ2) is 11.3. The Kier molecular flexibility index (Phi) is 6.32. The Morgan fingerprint density at radius 1 is 0.442 bits per heavy atom. The molecule has 7 heteroatoms. The van der Waals surface area contributed by atoms with Gasteiger partial charge in [0.05, 0.1) is 37.8 Å². The lowest BCUT2D eigenvalue weighted by Gasteiger charge is -2.13. The third kappa shape index (κ3) is 4.33. The SMILES string of the molecule is c1ccc(-n2c(-c3ccc(-c4nc5ccccc5n4-c4ccccc4)c4sc(-c5cccc6c5oc5ccccc56)nc34)nc3ccccc32)cc1. The highest BCUT2D eigenvalue weighted by Crippen LogP contribution is 2.45. The van der Waals surface area contributed by atoms with Crippen LogP contribution in [0.15, 0.2) is 168 Å². The van der Waals surface area contributed by atoms with Crippen molar-refractivity contribution in [3.8, 4) is 44.7 Å². The Bertz CT molecular complexity index is 2980. The minimum absolute atomic E-state index is 0.832. The normalized spacial score (nSPS) is 11.8. The number of furan rings is 1. The van der Waals surface area contributed by atoms with E-state index in [-0.39, 0.29) is 0 Å². The van der Waals surface area contributed by atoms with Crippen LogP contribution in [0.5, 0.6) is 0 Å². The van der Waals surface area contributed by atoms with Gasteiger partial charge in [-0.2, -0.15) is 0 Å². The molecule has 11 aromatic rings. The lowest BCUT2D eigenvalue weighted by Crippen LogP contribution is -1.99. The van der Waals surface area contributed by atoms with Gasteiger partial charge < -0.3 is 4.42 Å². The van der Waals surface area contributed by atoms with Crippen molar-refractivity contribution in [3.63, 3.8) is 0 Å². The van der Waals surface area contributed by atoms with Crippen molar-refractivity contribution in [2.75, 3.05) is 0 Å². The molecule has 52 heavy (non-hydrogen) atoms. The molecule has 244 valence electrons. The summed E-state index contributed by atoms with van der Waals surface area (Å²) >= 11 is 1.67. The predicted octanol–water partition coefficient (Wildman–Crippen LogP) is 11.9. The summed E-state index contributed by atoms with van der Waals surface area (Å²) in [5.74, 6) is 1.69. The van der Waals surface area contributed by atoms with Gasteiger partial charge in [-0.3, -0.25) is 9.13 Å². The van der Waals surface area contributed by atoms with Crippen molar-refractivity contribution >= 4 is 65.6 Å². The third-order valence-corrected chi connectivity index (χ3v) is 10.9. The summed E-state index contributed by atoms with van der Waals surface area (Å²) in [6.45, 7) is 0. The third-order valence-electron chi connectivity index (χ3n) is 9.81. The topological polar surface area (TPSA) is 61.7 Å². The Hall–Kier alpha value is -6.83. The monoisotopic (exact) mass is 685 g/mol. The van der Waals surface area contributed by atoms with E-state index in [0.717, 1.165) is 98.9 Å². The molecule has 0 amide bonds. The number of nitrogens with zero attached hydrogens (tertiary/aromatic N) is 5. The van der Waals surface area contributed by atoms with Crippen molar-refractivity contribution in [1.29, 1.82) is 0 Å². The number of thiazole rings is 1. The van der Waals surface area contributed by atoms with Crippen LogP contribution in [-0.4, -0.2) is 24.1 Å². The van der Waals surface area contributed by atoms with E-state index < -0.39 is 0 Å². The zero-order valence-corrected chi connectivity index (χ0v) is 28.5. The van der Waals surface area contributed by atoms with Gasteiger partial charge in [0.15, 0.2) is 0 Å². The molecule has 0 saturated heterocycles. The summed E-state index contributed by atoms with van der Waals surface area (Å²) in [7, 11) is 0. The largest absolute Gasteiger partial charge is 0.455 e. The van der Waals surface area contributed by atoms with Gasteiger partial charge in [0.1, 0.15) is 27.8 Å². The van der Waals surface area contributed by atoms with E-state index >= 15 is 0 Å². The van der Waals surface area contributed by atoms with E-state index in [9.17, 15) is 0 Å². The molecule has 4 aromatic heterocycles. The first kappa shape index (κ1) is 29.0. The standard InChI is InChI=1S/C45H27N5OS/c1-3-14-28(15-4-1)49-37-23-10-8-21-35(37)46-43(49)32-26-27-34(44-47-36-22-9-11-24-38(36)50(44)29-16-5-2-6-17-29)42-40(32)48-45(52-42)33-20-13-19-31-30-18-7-12-25-39(30)51-41(31)33/h1-27H. The van der Waals surface area contributed by atoms with Crippen molar-refractivity contribution in [3.05, 3.63) is 164 Å². The van der Waals surface area contributed by atoms with Crippen molar-refractivity contribution in [2.45, 2.75) is 0 Å². The van der Waals surface area contributed by atoms with Gasteiger partial charge in [0, 0.05) is 33.3 Å². The molecule has 7 aromatic carbocycles. The molecule has 0 unspecified atom stereocenters. The fourth-order valence-electron chi connectivity index (χ4n) is 7.48. The van der Waals surface area contributed by atoms with Crippen LogP contribution in [0.25, 0.3) is 98.9 Å². The molecule has 0 radical (unpaired) electrons. The molecular weight excluding hydrogens is 659 g/mol. The molecule has 0 aliphatic carbocycles. The van der Waals surface area contributed by atoms with Gasteiger partial charge in [-0.15, -0.1) is 11.3 Å². The Labute approximate surface area is 301 Å². The van der Waals surface area contributed by atoms with Crippen LogP contribution in [0.1, 0.15) is 0 Å². The summed E-state index contributed by atoms with van der Waals surface area (Å²) in [6, 6.07) is 56.4. The van der Waals surface area contributed by atoms with Gasteiger partial charge in [0.25, 0.3) is 0 Å². The van der Waals surface area contributed by atoms with Crippen LogP contribution in [0, 0.1) is 0 Å². The molecule has 4 heterocycles. The number of para-hydroxylation sites is 8. The molecule has 0 saturated carbocycles. The highest BCUT2D eigenvalue weighted by Gasteiger charge is 2.25. The van der Waals surface area contributed by atoms with Crippen molar-refractivity contribution in [1.82, 2.24) is 24.1 Å². The van der Waals surface area contributed by atoms with Gasteiger partial charge in [0.2, 0.25) is 0 Å². The van der Waals surface area contributed by atoms with Gasteiger partial charge in [-0.25, -0.2) is 15.0 Å². The van der Waals surface area contributed by atoms with Crippen LogP contribution in [0.2, 0.25) is 0 Å². The molecule has 0 aliphatic heterocycles. The fourth-order valence-corrected chi connectivity index (χ4v) is 8.61. The average Bonchev–Trinajstić information content (AvgIpc) is 3.99. The second-order valence-electron chi connectivity index (χ2n) is 12.8. The van der Waals surface area contributed by atoms with Crippen LogP contribution in [0.4, 0.5) is 0 Å². The van der Waals surface area contributed by atoms with E-state index in [0.29, 0.717) is 0 Å². The van der Waals surface area contributed by atoms with Crippen molar-refractivity contribution in [2.24, 2.45) is 0 Å². The number of rotatable bonds is 5. The van der Waals surface area contributed by atoms with E-state index in [1.165, 1.54) is 0 Å². The minimum Gasteiger partial charge on any atom is -0.455 e. The van der Waals surface area contributed by atoms with Crippen molar-refractivity contribution < 1.29 is 4.42 Å². The van der Waals surface area contributed by atoms with Crippen LogP contribution in [0.3, 0.4) is 0 Å². The maximum atomic E-state index is 6.53. The molecule has 0 fully saturated rings. The van der Waals surface area contributed by atoms with E-state index in [1.54, 1.807) is 11.3 Å². The molecule has 11 rings (SSSR count). The maximum absolute atomic E-state index is 6.53. The fraction of sp³-hybridized carbons (Fsp3) is 0.